The lowest BCUT2D eigenvalue weighted by molar-refractivity contribution is -0.0428. The Hall–Kier alpha value is -0.390. The number of nitrogens with zero attached hydrogens (tertiary/aromatic N) is 1. The minimum Gasteiger partial charge on any atom is -0.390 e. The molecule has 0 aliphatic carbocycles. The van der Waals surface area contributed by atoms with Crippen molar-refractivity contribution in [3.05, 3.63) is 31.5 Å². The second kappa shape index (κ2) is 6.39. The average molecular weight is 403 g/mol. The summed E-state index contributed by atoms with van der Waals surface area (Å²) in [7, 11) is 0. The smallest absolute Gasteiger partial charge is 0.330 e. The van der Waals surface area contributed by atoms with E-state index in [9.17, 15) is 14.7 Å². The van der Waals surface area contributed by atoms with Gasteiger partial charge in [-0.15, -0.1) is 0 Å². The third-order valence-electron chi connectivity index (χ3n) is 2.85. The van der Waals surface area contributed by atoms with Crippen molar-refractivity contribution in [2.75, 3.05) is 6.61 Å². The van der Waals surface area contributed by atoms with Crippen LogP contribution in [0.5, 0.6) is 0 Å². The van der Waals surface area contributed by atoms with Crippen LogP contribution in [-0.2, 0) is 21.1 Å². The lowest BCUT2D eigenvalue weighted by Gasteiger charge is -2.17. The first-order valence-electron chi connectivity index (χ1n) is 5.72. The Morgan fingerprint density at radius 3 is 2.86 bits per heavy atom. The van der Waals surface area contributed by atoms with Crippen molar-refractivity contribution in [3.8, 4) is 0 Å². The van der Waals surface area contributed by atoms with E-state index in [1.54, 1.807) is 0 Å². The van der Waals surface area contributed by atoms with E-state index in [1.807, 2.05) is 0 Å². The molecule has 0 aromatic carbocycles. The number of ether oxygens (including phenoxy) is 1. The molecule has 1 aliphatic rings. The molecule has 4 N–H and O–H groups in total. The van der Waals surface area contributed by atoms with Crippen molar-refractivity contribution in [1.29, 1.82) is 0 Å². The van der Waals surface area contributed by atoms with Gasteiger partial charge in [0.05, 0.1) is 17.2 Å². The second-order valence-corrected chi connectivity index (χ2v) is 7.88. The maximum Gasteiger partial charge on any atom is 0.330 e. The lowest BCUT2D eigenvalue weighted by Crippen LogP contribution is -2.32. The Labute approximate surface area is 131 Å². The molecule has 12 heteroatoms. The van der Waals surface area contributed by atoms with Gasteiger partial charge in [0, 0.05) is 12.6 Å². The minimum absolute atomic E-state index is 0.0755. The molecule has 0 bridgehead atoms. The van der Waals surface area contributed by atoms with Gasteiger partial charge in [0.15, 0.2) is 0 Å². The van der Waals surface area contributed by atoms with Gasteiger partial charge in [0.25, 0.3) is 5.56 Å². The first-order chi connectivity index (χ1) is 9.67. The molecule has 0 spiro atoms. The summed E-state index contributed by atoms with van der Waals surface area (Å²) >= 11 is 7.29. The average Bonchev–Trinajstić information content (AvgIpc) is 2.72. The number of hydrogen-bond acceptors (Lipinski definition) is 6. The molecule has 0 saturated carbocycles. The van der Waals surface area contributed by atoms with Crippen molar-refractivity contribution in [2.45, 2.75) is 24.9 Å². The first-order valence-corrected chi connectivity index (χ1v) is 9.14. The van der Waals surface area contributed by atoms with Crippen molar-refractivity contribution >= 4 is 34.5 Å². The number of aromatic amines is 1. The molecule has 2 heterocycles. The van der Waals surface area contributed by atoms with E-state index in [4.69, 9.17) is 14.5 Å². The zero-order valence-electron chi connectivity index (χ0n) is 10.4. The zero-order chi connectivity index (χ0) is 15.8. The van der Waals surface area contributed by atoms with Crippen molar-refractivity contribution < 1.29 is 24.2 Å². The Morgan fingerprint density at radius 2 is 2.24 bits per heavy atom. The Bertz CT molecular complexity index is 685. The quantitative estimate of drug-likeness (QED) is 0.479. The molecule has 1 aromatic heterocycles. The number of nitrogens with one attached hydrogen (secondary N) is 1. The van der Waals surface area contributed by atoms with Crippen LogP contribution >= 0.6 is 22.6 Å². The molecule has 1 saturated heterocycles. The van der Waals surface area contributed by atoms with Crippen LogP contribution in [0.1, 0.15) is 12.6 Å². The molecule has 9 nitrogen and oxygen atoms in total. The standard InChI is InChI=1S/C9H12BrN2O7PS/c10-4-2-12(9(15)11-8(4)14)7-1-5(13)6(19-7)3-18-20(16,17)21/h2,5-7,13H,1,3H2,(H,11,14,15)(H2,16,17,21)/t5-,6+,7+/m0/s1. The summed E-state index contributed by atoms with van der Waals surface area (Å²) in [5, 5.41) is 9.84. The molecule has 118 valence electrons. The van der Waals surface area contributed by atoms with Crippen LogP contribution in [0.3, 0.4) is 0 Å². The molecule has 0 radical (unpaired) electrons. The molecule has 2 rings (SSSR count). The minimum atomic E-state index is -3.84. The molecular weight excluding hydrogens is 391 g/mol. The van der Waals surface area contributed by atoms with Gasteiger partial charge >= 0.3 is 12.4 Å². The molecule has 3 atom stereocenters. The van der Waals surface area contributed by atoms with E-state index in [1.165, 1.54) is 6.20 Å². The summed E-state index contributed by atoms with van der Waals surface area (Å²) in [4.78, 5) is 43.0. The fourth-order valence-electron chi connectivity index (χ4n) is 1.88. The number of aliphatic hydroxyl groups is 1. The van der Waals surface area contributed by atoms with Crippen LogP contribution in [0.2, 0.25) is 0 Å². The topological polar surface area (TPSA) is 134 Å². The number of aromatic nitrogens is 2. The number of hydrogen-bond donors (Lipinski definition) is 4. The number of H-pyrrole nitrogens is 1. The Balaban J connectivity index is 2.14. The highest BCUT2D eigenvalue weighted by atomic mass is 79.9. The molecule has 1 fully saturated rings. The highest BCUT2D eigenvalue weighted by molar-refractivity contribution is 9.10. The van der Waals surface area contributed by atoms with E-state index in [2.05, 4.69) is 37.2 Å². The number of aliphatic hydroxyl groups excluding tert-OH is 1. The second-order valence-electron chi connectivity index (χ2n) is 4.36. The predicted octanol–water partition coefficient (Wildman–Crippen LogP) is -0.827. The van der Waals surface area contributed by atoms with E-state index in [0.717, 1.165) is 4.57 Å². The van der Waals surface area contributed by atoms with Gasteiger partial charge in [0.2, 0.25) is 0 Å². The summed E-state index contributed by atoms with van der Waals surface area (Å²) in [6.07, 6.45) is -1.33. The monoisotopic (exact) mass is 402 g/mol. The fraction of sp³-hybridized carbons (Fsp3) is 0.556. The summed E-state index contributed by atoms with van der Waals surface area (Å²) < 4.78 is 11.3. The predicted molar refractivity (Wildman–Crippen MR) is 78.2 cm³/mol. The molecule has 21 heavy (non-hydrogen) atoms. The summed E-state index contributed by atoms with van der Waals surface area (Å²) in [6.45, 7) is -4.16. The SMILES string of the molecule is O=c1[nH]c(=O)n([C@H]2C[C@H](O)[C@@H](COP(O)(O)=S)O2)cc1Br. The largest absolute Gasteiger partial charge is 0.390 e. The summed E-state index contributed by atoms with van der Waals surface area (Å²) in [6, 6.07) is 0. The van der Waals surface area contributed by atoms with Crippen LogP contribution in [0, 0.1) is 0 Å². The van der Waals surface area contributed by atoms with E-state index < -0.39 is 36.4 Å². The zero-order valence-corrected chi connectivity index (χ0v) is 13.7. The van der Waals surface area contributed by atoms with Gasteiger partial charge in [-0.05, 0) is 27.7 Å². The summed E-state index contributed by atoms with van der Waals surface area (Å²) in [5.74, 6) is 0. The molecule has 1 aliphatic heterocycles. The fourth-order valence-corrected chi connectivity index (χ4v) is 2.72. The van der Waals surface area contributed by atoms with Crippen molar-refractivity contribution in [2.24, 2.45) is 0 Å². The molecule has 0 unspecified atom stereocenters. The van der Waals surface area contributed by atoms with E-state index in [-0.39, 0.29) is 17.5 Å². The normalized spacial score (nSPS) is 26.2. The Kier molecular flexibility index (Phi) is 5.16. The highest BCUT2D eigenvalue weighted by Gasteiger charge is 2.36. The van der Waals surface area contributed by atoms with Gasteiger partial charge in [0.1, 0.15) is 12.3 Å². The third kappa shape index (κ3) is 4.30. The lowest BCUT2D eigenvalue weighted by atomic mass is 10.2. The maximum atomic E-state index is 11.7. The van der Waals surface area contributed by atoms with Crippen LogP contribution < -0.4 is 11.2 Å². The van der Waals surface area contributed by atoms with Crippen LogP contribution in [0.15, 0.2) is 20.3 Å². The van der Waals surface area contributed by atoms with Crippen LogP contribution in [0.25, 0.3) is 0 Å². The van der Waals surface area contributed by atoms with Gasteiger partial charge in [-0.1, -0.05) is 0 Å². The number of halogens is 1. The maximum absolute atomic E-state index is 11.7. The highest BCUT2D eigenvalue weighted by Crippen LogP contribution is 2.38. The number of rotatable bonds is 4. The van der Waals surface area contributed by atoms with Gasteiger partial charge in [-0.2, -0.15) is 0 Å². The van der Waals surface area contributed by atoms with Gasteiger partial charge < -0.3 is 24.2 Å². The Morgan fingerprint density at radius 1 is 1.57 bits per heavy atom. The van der Waals surface area contributed by atoms with Crippen molar-refractivity contribution in [1.82, 2.24) is 9.55 Å². The van der Waals surface area contributed by atoms with E-state index in [0.29, 0.717) is 0 Å². The van der Waals surface area contributed by atoms with Gasteiger partial charge in [-0.3, -0.25) is 14.3 Å². The van der Waals surface area contributed by atoms with Crippen LogP contribution in [0.4, 0.5) is 0 Å². The third-order valence-corrected chi connectivity index (χ3v) is 4.21. The first kappa shape index (κ1) is 17.0. The van der Waals surface area contributed by atoms with E-state index >= 15 is 0 Å². The van der Waals surface area contributed by atoms with Gasteiger partial charge in [-0.25, -0.2) is 4.79 Å². The van der Waals surface area contributed by atoms with Crippen molar-refractivity contribution in [3.63, 3.8) is 0 Å². The molecular formula is C9H12BrN2O7PS. The molecule has 0 amide bonds. The molecule has 1 aromatic rings. The summed E-state index contributed by atoms with van der Waals surface area (Å²) in [5.41, 5.74) is -1.26. The van der Waals surface area contributed by atoms with Crippen LogP contribution in [-0.4, -0.2) is 43.3 Å².